The van der Waals surface area contributed by atoms with Crippen molar-refractivity contribution in [1.82, 2.24) is 9.55 Å². The highest BCUT2D eigenvalue weighted by molar-refractivity contribution is 7.46. The van der Waals surface area contributed by atoms with E-state index in [0.717, 1.165) is 16.7 Å². The van der Waals surface area contributed by atoms with Crippen molar-refractivity contribution >= 4 is 19.4 Å². The van der Waals surface area contributed by atoms with Gasteiger partial charge in [0.05, 0.1) is 23.7 Å². The maximum atomic E-state index is 12.5. The van der Waals surface area contributed by atoms with Crippen LogP contribution in [0.4, 0.5) is 13.2 Å². The first-order chi connectivity index (χ1) is 14.8. The van der Waals surface area contributed by atoms with Gasteiger partial charge in [-0.25, -0.2) is 9.55 Å². The Balaban J connectivity index is 1.89. The zero-order chi connectivity index (χ0) is 23.7. The van der Waals surface area contributed by atoms with Crippen LogP contribution in [0.15, 0.2) is 41.2 Å². The second-order valence-electron chi connectivity index (χ2n) is 6.32. The number of nitrogens with zero attached hydrogens (tertiary/aromatic N) is 2. The van der Waals surface area contributed by atoms with Crippen LogP contribution in [0, 0.1) is 19.3 Å². The molecule has 2 heterocycles. The summed E-state index contributed by atoms with van der Waals surface area (Å²) in [6.07, 6.45) is 0.488. The normalized spacial score (nSPS) is 12.1. The van der Waals surface area contributed by atoms with Gasteiger partial charge in [-0.1, -0.05) is 11.6 Å². The molecule has 0 atom stereocenters. The van der Waals surface area contributed by atoms with Crippen LogP contribution >= 0.6 is 19.4 Å². The van der Waals surface area contributed by atoms with Crippen LogP contribution in [0.2, 0.25) is 5.02 Å². The molecule has 13 heteroatoms. The lowest BCUT2D eigenvalue weighted by atomic mass is 10.1. The number of phosphoric acid groups is 1. The highest BCUT2D eigenvalue weighted by Gasteiger charge is 2.31. The SMILES string of the molecule is Cc1c(Cl)c(=O)c(-c2[c]nc(-c3ccc(OC(F)(F)F)cc3)cc2)[c]n1COP(=O)(O)O. The molecule has 168 valence electrons. The second kappa shape index (κ2) is 9.05. The Morgan fingerprint density at radius 2 is 1.84 bits per heavy atom. The van der Waals surface area contributed by atoms with Gasteiger partial charge in [-0.2, -0.15) is 0 Å². The lowest BCUT2D eigenvalue weighted by Crippen LogP contribution is -2.17. The molecule has 2 radical (unpaired) electrons. The molecule has 0 aliphatic rings. The smallest absolute Gasteiger partial charge is 0.406 e. The third-order valence-electron chi connectivity index (χ3n) is 4.11. The molecule has 32 heavy (non-hydrogen) atoms. The lowest BCUT2D eigenvalue weighted by Gasteiger charge is -2.14. The molecule has 0 amide bonds. The molecule has 8 nitrogen and oxygen atoms in total. The minimum atomic E-state index is -4.80. The van der Waals surface area contributed by atoms with Crippen LogP contribution in [0.3, 0.4) is 0 Å². The third kappa shape index (κ3) is 5.96. The number of phosphoric ester groups is 1. The summed E-state index contributed by atoms with van der Waals surface area (Å²) in [7, 11) is -4.77. The molecule has 2 N–H and O–H groups in total. The number of hydrogen-bond acceptors (Lipinski definition) is 5. The molecule has 0 aliphatic carbocycles. The molecular formula is C19H13ClF3N2O6P. The largest absolute Gasteiger partial charge is 0.573 e. The summed E-state index contributed by atoms with van der Waals surface area (Å²) in [5.41, 5.74) is 0.525. The fourth-order valence-electron chi connectivity index (χ4n) is 2.59. The Bertz CT molecular complexity index is 1220. The van der Waals surface area contributed by atoms with E-state index in [4.69, 9.17) is 21.4 Å². The predicted octanol–water partition coefficient (Wildman–Crippen LogP) is 4.10. The lowest BCUT2D eigenvalue weighted by molar-refractivity contribution is -0.274. The van der Waals surface area contributed by atoms with Crippen LogP contribution in [0.5, 0.6) is 5.75 Å². The molecule has 0 fully saturated rings. The molecule has 3 rings (SSSR count). The Kier molecular flexibility index (Phi) is 6.77. The summed E-state index contributed by atoms with van der Waals surface area (Å²) < 4.78 is 57.1. The van der Waals surface area contributed by atoms with Gasteiger partial charge >= 0.3 is 14.2 Å². The monoisotopic (exact) mass is 488 g/mol. The predicted molar refractivity (Wildman–Crippen MR) is 107 cm³/mol. The third-order valence-corrected chi connectivity index (χ3v) is 5.01. The summed E-state index contributed by atoms with van der Waals surface area (Å²) in [6.45, 7) is 0.839. The minimum Gasteiger partial charge on any atom is -0.406 e. The zero-order valence-electron chi connectivity index (χ0n) is 16.1. The average Bonchev–Trinajstić information content (AvgIpc) is 2.70. The first kappa shape index (κ1) is 24.0. The summed E-state index contributed by atoms with van der Waals surface area (Å²) in [6, 6.07) is 7.98. The molecule has 0 bridgehead atoms. The Labute approximate surface area is 184 Å². The molecule has 2 aromatic heterocycles. The van der Waals surface area contributed by atoms with Crippen molar-refractivity contribution in [1.29, 1.82) is 0 Å². The maximum Gasteiger partial charge on any atom is 0.573 e. The first-order valence-electron chi connectivity index (χ1n) is 8.61. The number of alkyl halides is 3. The maximum absolute atomic E-state index is 12.5. The highest BCUT2D eigenvalue weighted by atomic mass is 35.5. The number of hydrogen-bond donors (Lipinski definition) is 2. The molecule has 0 spiro atoms. The van der Waals surface area contributed by atoms with E-state index in [0.29, 0.717) is 11.3 Å². The van der Waals surface area contributed by atoms with Crippen molar-refractivity contribution < 1.29 is 36.8 Å². The van der Waals surface area contributed by atoms with Gasteiger partial charge in [0.2, 0.25) is 5.43 Å². The number of pyridine rings is 2. The molecule has 0 saturated carbocycles. The van der Waals surface area contributed by atoms with Gasteiger partial charge in [0, 0.05) is 16.8 Å². The van der Waals surface area contributed by atoms with Gasteiger partial charge in [0.25, 0.3) is 0 Å². The standard InChI is InChI=1S/C19H13ClF3N2O6P/c1-11-17(20)18(26)15(9-25(11)10-30-32(27,28)29)13-4-7-16(24-8-13)12-2-5-14(6-3-12)31-19(21,22)23/h2-7H,10H2,1H3,(H2,27,28,29). The molecule has 3 aromatic rings. The van der Waals surface area contributed by atoms with E-state index in [-0.39, 0.29) is 27.6 Å². The van der Waals surface area contributed by atoms with Crippen molar-refractivity contribution in [3.8, 4) is 28.1 Å². The van der Waals surface area contributed by atoms with Crippen LogP contribution in [-0.2, 0) is 15.8 Å². The van der Waals surface area contributed by atoms with E-state index in [1.807, 2.05) is 0 Å². The van der Waals surface area contributed by atoms with E-state index in [9.17, 15) is 22.5 Å². The topological polar surface area (TPSA) is 111 Å². The average molecular weight is 489 g/mol. The van der Waals surface area contributed by atoms with E-state index in [2.05, 4.69) is 26.6 Å². The summed E-state index contributed by atoms with van der Waals surface area (Å²) in [5.74, 6) is -0.385. The molecule has 0 saturated heterocycles. The molecule has 1 aromatic carbocycles. The molecule has 0 unspecified atom stereocenters. The Hall–Kier alpha value is -2.69. The Morgan fingerprint density at radius 1 is 1.19 bits per heavy atom. The number of rotatable bonds is 6. The number of halogens is 4. The summed E-state index contributed by atoms with van der Waals surface area (Å²) >= 11 is 6.05. The molecular weight excluding hydrogens is 476 g/mol. The highest BCUT2D eigenvalue weighted by Crippen LogP contribution is 2.36. The zero-order valence-corrected chi connectivity index (χ0v) is 17.7. The van der Waals surface area contributed by atoms with Gasteiger partial charge < -0.3 is 19.1 Å². The van der Waals surface area contributed by atoms with E-state index in [1.165, 1.54) is 31.2 Å². The van der Waals surface area contributed by atoms with Gasteiger partial charge in [0.15, 0.2) is 0 Å². The van der Waals surface area contributed by atoms with Gasteiger partial charge in [-0.15, -0.1) is 13.2 Å². The van der Waals surface area contributed by atoms with Crippen molar-refractivity contribution in [2.75, 3.05) is 0 Å². The van der Waals surface area contributed by atoms with E-state index < -0.39 is 26.3 Å². The van der Waals surface area contributed by atoms with Gasteiger partial charge in [-0.05, 0) is 43.3 Å². The summed E-state index contributed by atoms with van der Waals surface area (Å²) in [4.78, 5) is 34.4. The van der Waals surface area contributed by atoms with Crippen molar-refractivity contribution in [2.45, 2.75) is 20.0 Å². The van der Waals surface area contributed by atoms with E-state index in [1.54, 1.807) is 0 Å². The fourth-order valence-corrected chi connectivity index (χ4v) is 3.05. The second-order valence-corrected chi connectivity index (χ2v) is 7.94. The number of ether oxygens (including phenoxy) is 1. The van der Waals surface area contributed by atoms with Crippen molar-refractivity contribution in [3.05, 3.63) is 69.7 Å². The molecule has 0 aliphatic heterocycles. The van der Waals surface area contributed by atoms with E-state index >= 15 is 0 Å². The number of benzene rings is 1. The minimum absolute atomic E-state index is 0.0668. The van der Waals surface area contributed by atoms with Crippen LogP contribution < -0.4 is 10.2 Å². The summed E-state index contributed by atoms with van der Waals surface area (Å²) in [5, 5.41) is -0.203. The van der Waals surface area contributed by atoms with Gasteiger partial charge in [0.1, 0.15) is 17.5 Å². The fraction of sp³-hybridized carbons (Fsp3) is 0.158. The first-order valence-corrected chi connectivity index (χ1v) is 10.5. The van der Waals surface area contributed by atoms with Crippen molar-refractivity contribution in [3.63, 3.8) is 0 Å². The Morgan fingerprint density at radius 3 is 2.38 bits per heavy atom. The quantitative estimate of drug-likeness (QED) is 0.502. The van der Waals surface area contributed by atoms with Crippen LogP contribution in [0.1, 0.15) is 5.69 Å². The van der Waals surface area contributed by atoms with Crippen molar-refractivity contribution in [2.24, 2.45) is 0 Å². The number of aromatic nitrogens is 2. The van der Waals surface area contributed by atoms with Crippen LogP contribution in [-0.4, -0.2) is 25.7 Å². The van der Waals surface area contributed by atoms with Crippen LogP contribution in [0.25, 0.3) is 22.4 Å². The van der Waals surface area contributed by atoms with Gasteiger partial charge in [-0.3, -0.25) is 9.32 Å².